The van der Waals surface area contributed by atoms with Gasteiger partial charge in [-0.1, -0.05) is 6.07 Å². The number of nitrogens with zero attached hydrogens (tertiary/aromatic N) is 4. The fourth-order valence-electron chi connectivity index (χ4n) is 0.799. The summed E-state index contributed by atoms with van der Waals surface area (Å²) in [6, 6.07) is 5.58. The molecule has 1 radical (unpaired) electrons. The van der Waals surface area contributed by atoms with Gasteiger partial charge in [0, 0.05) is 6.20 Å². The van der Waals surface area contributed by atoms with Gasteiger partial charge in [0.15, 0.2) is 0 Å². The quantitative estimate of drug-likeness (QED) is 0.564. The Morgan fingerprint density at radius 1 is 1.18 bits per heavy atom. The minimum absolute atomic E-state index is 0.575. The second kappa shape index (κ2) is 2.49. The smallest absolute Gasteiger partial charge is 0.201 e. The van der Waals surface area contributed by atoms with E-state index in [1.54, 1.807) is 6.20 Å². The van der Waals surface area contributed by atoms with Crippen molar-refractivity contribution in [3.05, 3.63) is 30.1 Å². The van der Waals surface area contributed by atoms with Crippen molar-refractivity contribution in [2.24, 2.45) is 10.1 Å². The molecule has 0 aromatic carbocycles. The SMILES string of the molecule is C1=NC(c2ccccn2)=N[N]1. The molecule has 11 heavy (non-hydrogen) atoms. The monoisotopic (exact) mass is 145 g/mol. The highest BCUT2D eigenvalue weighted by molar-refractivity contribution is 6.03. The lowest BCUT2D eigenvalue weighted by Crippen LogP contribution is -1.96. The van der Waals surface area contributed by atoms with Crippen LogP contribution in [0.5, 0.6) is 0 Å². The van der Waals surface area contributed by atoms with E-state index in [0.29, 0.717) is 5.84 Å². The molecule has 0 amide bonds. The molecule has 4 heteroatoms. The molecule has 0 fully saturated rings. The zero-order valence-corrected chi connectivity index (χ0v) is 5.68. The zero-order valence-electron chi connectivity index (χ0n) is 5.68. The summed E-state index contributed by atoms with van der Waals surface area (Å²) in [6.45, 7) is 0. The number of hydrogen-bond acceptors (Lipinski definition) is 3. The van der Waals surface area contributed by atoms with Crippen molar-refractivity contribution in [3.63, 3.8) is 0 Å². The van der Waals surface area contributed by atoms with E-state index in [4.69, 9.17) is 0 Å². The van der Waals surface area contributed by atoms with E-state index >= 15 is 0 Å². The largest absolute Gasteiger partial charge is 0.253 e. The van der Waals surface area contributed by atoms with Gasteiger partial charge in [-0.05, 0) is 12.1 Å². The molecule has 0 N–H and O–H groups in total. The van der Waals surface area contributed by atoms with E-state index in [9.17, 15) is 0 Å². The van der Waals surface area contributed by atoms with Gasteiger partial charge in [-0.25, -0.2) is 4.99 Å². The maximum absolute atomic E-state index is 4.06. The predicted octanol–water partition coefficient (Wildman–Crippen LogP) is 0.389. The summed E-state index contributed by atoms with van der Waals surface area (Å²) < 4.78 is 0. The van der Waals surface area contributed by atoms with E-state index in [1.807, 2.05) is 18.2 Å². The fraction of sp³-hybridized carbons (Fsp3) is 0. The van der Waals surface area contributed by atoms with Crippen molar-refractivity contribution >= 4 is 12.2 Å². The maximum Gasteiger partial charge on any atom is 0.201 e. The molecule has 0 aliphatic carbocycles. The van der Waals surface area contributed by atoms with Gasteiger partial charge in [-0.2, -0.15) is 0 Å². The Bertz CT molecular complexity index is 301. The Kier molecular flexibility index (Phi) is 1.37. The lowest BCUT2D eigenvalue weighted by molar-refractivity contribution is 1.06. The van der Waals surface area contributed by atoms with Crippen LogP contribution in [0.2, 0.25) is 0 Å². The topological polar surface area (TPSA) is 51.7 Å². The first-order valence-electron chi connectivity index (χ1n) is 3.18. The van der Waals surface area contributed by atoms with Gasteiger partial charge >= 0.3 is 0 Å². The molecule has 0 saturated heterocycles. The summed E-state index contributed by atoms with van der Waals surface area (Å²) in [5.74, 6) is 0.575. The second-order valence-corrected chi connectivity index (χ2v) is 2.00. The van der Waals surface area contributed by atoms with Crippen LogP contribution in [-0.2, 0) is 0 Å². The normalized spacial score (nSPS) is 14.4. The third kappa shape index (κ3) is 1.10. The van der Waals surface area contributed by atoms with Crippen molar-refractivity contribution in [1.29, 1.82) is 0 Å². The highest BCUT2D eigenvalue weighted by Gasteiger charge is 2.05. The summed E-state index contributed by atoms with van der Waals surface area (Å²) in [5, 5.41) is 3.76. The molecule has 0 atom stereocenters. The van der Waals surface area contributed by atoms with E-state index in [-0.39, 0.29) is 0 Å². The lowest BCUT2D eigenvalue weighted by atomic mass is 10.3. The molecule has 2 heterocycles. The fourth-order valence-corrected chi connectivity index (χ4v) is 0.799. The Hall–Kier alpha value is -1.71. The van der Waals surface area contributed by atoms with Crippen LogP contribution in [0.4, 0.5) is 0 Å². The standard InChI is InChI=1S/C7H5N4/c1-2-4-8-6(3-1)7-9-5-10-11-7/h1-5H. The van der Waals surface area contributed by atoms with Crippen LogP contribution in [0.15, 0.2) is 34.5 Å². The van der Waals surface area contributed by atoms with Gasteiger partial charge in [-0.15, -0.1) is 10.5 Å². The van der Waals surface area contributed by atoms with E-state index < -0.39 is 0 Å². The predicted molar refractivity (Wildman–Crippen MR) is 41.4 cm³/mol. The van der Waals surface area contributed by atoms with E-state index in [1.165, 1.54) is 6.34 Å². The minimum atomic E-state index is 0.575. The molecule has 53 valence electrons. The first-order valence-corrected chi connectivity index (χ1v) is 3.18. The Labute approximate surface area is 63.7 Å². The zero-order chi connectivity index (χ0) is 7.52. The molecule has 1 aromatic rings. The molecule has 1 aliphatic rings. The van der Waals surface area contributed by atoms with Gasteiger partial charge < -0.3 is 0 Å². The average molecular weight is 145 g/mol. The van der Waals surface area contributed by atoms with Gasteiger partial charge in [-0.3, -0.25) is 4.98 Å². The van der Waals surface area contributed by atoms with E-state index in [0.717, 1.165) is 5.69 Å². The van der Waals surface area contributed by atoms with Crippen LogP contribution in [-0.4, -0.2) is 17.2 Å². The number of pyridine rings is 1. The maximum atomic E-state index is 4.06. The lowest BCUT2D eigenvalue weighted by Gasteiger charge is -1.91. The molecule has 0 bridgehead atoms. The highest BCUT2D eigenvalue weighted by Crippen LogP contribution is 1.99. The summed E-state index contributed by atoms with van der Waals surface area (Å²) in [7, 11) is 0. The van der Waals surface area contributed by atoms with Crippen molar-refractivity contribution in [2.75, 3.05) is 0 Å². The van der Waals surface area contributed by atoms with Crippen molar-refractivity contribution in [3.8, 4) is 0 Å². The summed E-state index contributed by atoms with van der Waals surface area (Å²) in [5.41, 5.74) is 4.35. The van der Waals surface area contributed by atoms with Gasteiger partial charge in [0.2, 0.25) is 5.84 Å². The van der Waals surface area contributed by atoms with Gasteiger partial charge in [0.25, 0.3) is 0 Å². The third-order valence-corrected chi connectivity index (χ3v) is 1.28. The molecule has 2 rings (SSSR count). The molecular weight excluding hydrogens is 140 g/mol. The Morgan fingerprint density at radius 2 is 2.18 bits per heavy atom. The second-order valence-electron chi connectivity index (χ2n) is 2.00. The van der Waals surface area contributed by atoms with Gasteiger partial charge in [0.05, 0.1) is 0 Å². The minimum Gasteiger partial charge on any atom is -0.253 e. The van der Waals surface area contributed by atoms with Crippen molar-refractivity contribution in [2.45, 2.75) is 0 Å². The average Bonchev–Trinajstić information content (AvgIpc) is 2.58. The number of aromatic nitrogens is 1. The molecular formula is C7H5N4. The summed E-state index contributed by atoms with van der Waals surface area (Å²) in [6.07, 6.45) is 3.11. The van der Waals surface area contributed by atoms with Crippen LogP contribution in [0.1, 0.15) is 5.69 Å². The molecule has 4 nitrogen and oxygen atoms in total. The highest BCUT2D eigenvalue weighted by atomic mass is 15.4. The first kappa shape index (κ1) is 6.03. The summed E-state index contributed by atoms with van der Waals surface area (Å²) >= 11 is 0. The molecule has 0 unspecified atom stereocenters. The van der Waals surface area contributed by atoms with Crippen LogP contribution in [0, 0.1) is 0 Å². The number of rotatable bonds is 1. The summed E-state index contributed by atoms with van der Waals surface area (Å²) in [4.78, 5) is 7.96. The van der Waals surface area contributed by atoms with E-state index in [2.05, 4.69) is 20.5 Å². The molecule has 0 saturated carbocycles. The van der Waals surface area contributed by atoms with Crippen molar-refractivity contribution in [1.82, 2.24) is 10.4 Å². The molecule has 1 aromatic heterocycles. The molecule has 1 aliphatic heterocycles. The van der Waals surface area contributed by atoms with Crippen molar-refractivity contribution < 1.29 is 0 Å². The Balaban J connectivity index is 2.37. The first-order chi connectivity index (χ1) is 5.47. The van der Waals surface area contributed by atoms with Crippen LogP contribution in [0.25, 0.3) is 0 Å². The number of hydrogen-bond donors (Lipinski definition) is 0. The van der Waals surface area contributed by atoms with Crippen LogP contribution in [0.3, 0.4) is 0 Å². The Morgan fingerprint density at radius 3 is 2.82 bits per heavy atom. The molecule has 0 spiro atoms. The van der Waals surface area contributed by atoms with Gasteiger partial charge in [0.1, 0.15) is 12.0 Å². The number of aliphatic imine (C=N–C) groups is 1. The van der Waals surface area contributed by atoms with Crippen LogP contribution < -0.4 is 5.43 Å². The third-order valence-electron chi connectivity index (χ3n) is 1.28. The number of amidine groups is 1. The van der Waals surface area contributed by atoms with Crippen LogP contribution >= 0.6 is 0 Å².